The minimum absolute atomic E-state index is 0.00462. The van der Waals surface area contributed by atoms with Crippen LogP contribution in [0.3, 0.4) is 0 Å². The molecule has 0 bridgehead atoms. The van der Waals surface area contributed by atoms with E-state index < -0.39 is 0 Å². The summed E-state index contributed by atoms with van der Waals surface area (Å²) >= 11 is 0. The summed E-state index contributed by atoms with van der Waals surface area (Å²) in [5.41, 5.74) is 4.57. The molecule has 4 rings (SSSR count). The maximum Gasteiger partial charge on any atom is 0.262 e. The molecule has 118 valence electrons. The number of carbonyl (C=O) groups is 1. The molecular formula is C20H17N3O. The Bertz CT molecular complexity index is 875. The van der Waals surface area contributed by atoms with Crippen molar-refractivity contribution in [2.45, 2.75) is 13.1 Å². The monoisotopic (exact) mass is 315 g/mol. The molecule has 1 aliphatic heterocycles. The van der Waals surface area contributed by atoms with E-state index in [9.17, 15) is 4.79 Å². The number of amides is 1. The number of nitrogens with one attached hydrogen (secondary N) is 1. The predicted octanol–water partition coefficient (Wildman–Crippen LogP) is 4.16. The Labute approximate surface area is 140 Å². The van der Waals surface area contributed by atoms with Gasteiger partial charge in [0.25, 0.3) is 5.91 Å². The van der Waals surface area contributed by atoms with Gasteiger partial charge in [-0.3, -0.25) is 14.7 Å². The molecule has 0 aliphatic carbocycles. The van der Waals surface area contributed by atoms with Crippen LogP contribution < -0.4 is 10.2 Å². The lowest BCUT2D eigenvalue weighted by atomic mass is 10.0. The number of pyridine rings is 1. The highest BCUT2D eigenvalue weighted by molar-refractivity contribution is 6.12. The molecule has 0 fully saturated rings. The summed E-state index contributed by atoms with van der Waals surface area (Å²) in [6, 6.07) is 19.5. The number of anilines is 2. The maximum absolute atomic E-state index is 13.2. The highest BCUT2D eigenvalue weighted by Gasteiger charge is 2.33. The summed E-state index contributed by atoms with van der Waals surface area (Å²) in [5.74, 6) is -0.00462. The first-order valence-electron chi connectivity index (χ1n) is 7.90. The van der Waals surface area contributed by atoms with Crippen LogP contribution in [0.1, 0.15) is 27.7 Å². The van der Waals surface area contributed by atoms with Crippen molar-refractivity contribution in [2.24, 2.45) is 0 Å². The maximum atomic E-state index is 13.2. The van der Waals surface area contributed by atoms with Crippen LogP contribution in [0.5, 0.6) is 0 Å². The predicted molar refractivity (Wildman–Crippen MR) is 95.0 cm³/mol. The number of nitrogens with zero attached hydrogens (tertiary/aromatic N) is 2. The fraction of sp³-hybridized carbons (Fsp3) is 0.100. The fourth-order valence-corrected chi connectivity index (χ4v) is 3.00. The Kier molecular flexibility index (Phi) is 3.50. The van der Waals surface area contributed by atoms with Crippen molar-refractivity contribution in [1.82, 2.24) is 4.98 Å². The largest absolute Gasteiger partial charge is 0.360 e. The van der Waals surface area contributed by atoms with Crippen LogP contribution in [0.25, 0.3) is 0 Å². The van der Waals surface area contributed by atoms with E-state index in [1.54, 1.807) is 17.3 Å². The van der Waals surface area contributed by atoms with Gasteiger partial charge < -0.3 is 5.32 Å². The van der Waals surface area contributed by atoms with Crippen molar-refractivity contribution < 1.29 is 4.79 Å². The van der Waals surface area contributed by atoms with Gasteiger partial charge in [0.2, 0.25) is 0 Å². The molecule has 2 aromatic carbocycles. The quantitative estimate of drug-likeness (QED) is 0.772. The molecule has 2 heterocycles. The standard InChI is InChI=1S/C20H17N3O/c1-14-6-8-16(9-7-14)23-19(15-10-12-21-13-11-15)22-18-5-3-2-4-17(18)20(23)24/h2-13,19,22H,1H3/t19-/m0/s1. The minimum Gasteiger partial charge on any atom is -0.360 e. The molecule has 4 heteroatoms. The zero-order chi connectivity index (χ0) is 16.5. The first-order valence-corrected chi connectivity index (χ1v) is 7.90. The van der Waals surface area contributed by atoms with Crippen molar-refractivity contribution in [3.63, 3.8) is 0 Å². The summed E-state index contributed by atoms with van der Waals surface area (Å²) < 4.78 is 0. The van der Waals surface area contributed by atoms with Crippen LogP contribution >= 0.6 is 0 Å². The molecule has 0 saturated carbocycles. The number of carbonyl (C=O) groups excluding carboxylic acids is 1. The molecule has 1 N–H and O–H groups in total. The van der Waals surface area contributed by atoms with Gasteiger partial charge in [0.05, 0.1) is 5.56 Å². The van der Waals surface area contributed by atoms with Crippen molar-refractivity contribution in [3.8, 4) is 0 Å². The number of rotatable bonds is 2. The Morgan fingerprint density at radius 1 is 0.958 bits per heavy atom. The van der Waals surface area contributed by atoms with Crippen LogP contribution in [0.15, 0.2) is 73.1 Å². The van der Waals surface area contributed by atoms with E-state index in [4.69, 9.17) is 0 Å². The minimum atomic E-state index is -0.266. The number of aromatic nitrogens is 1. The van der Waals surface area contributed by atoms with Gasteiger partial charge in [-0.25, -0.2) is 0 Å². The molecule has 0 unspecified atom stereocenters. The van der Waals surface area contributed by atoms with E-state index in [2.05, 4.69) is 10.3 Å². The van der Waals surface area contributed by atoms with E-state index in [0.717, 1.165) is 22.5 Å². The van der Waals surface area contributed by atoms with Crippen LogP contribution in [-0.4, -0.2) is 10.9 Å². The lowest BCUT2D eigenvalue weighted by Crippen LogP contribution is -2.43. The van der Waals surface area contributed by atoms with Gasteiger partial charge in [0.15, 0.2) is 0 Å². The smallest absolute Gasteiger partial charge is 0.262 e. The van der Waals surface area contributed by atoms with E-state index in [0.29, 0.717) is 5.56 Å². The Morgan fingerprint density at radius 2 is 1.67 bits per heavy atom. The summed E-state index contributed by atoms with van der Waals surface area (Å²) in [7, 11) is 0. The zero-order valence-electron chi connectivity index (χ0n) is 13.3. The van der Waals surface area contributed by atoms with E-state index in [1.807, 2.05) is 67.6 Å². The molecule has 3 aromatic rings. The summed E-state index contributed by atoms with van der Waals surface area (Å²) in [6.45, 7) is 2.04. The second kappa shape index (κ2) is 5.81. The van der Waals surface area contributed by atoms with Crippen molar-refractivity contribution in [1.29, 1.82) is 0 Å². The van der Waals surface area contributed by atoms with Crippen LogP contribution in [-0.2, 0) is 0 Å². The van der Waals surface area contributed by atoms with E-state index >= 15 is 0 Å². The highest BCUT2D eigenvalue weighted by atomic mass is 16.2. The highest BCUT2D eigenvalue weighted by Crippen LogP contribution is 2.36. The third kappa shape index (κ3) is 2.42. The van der Waals surface area contributed by atoms with Crippen LogP contribution in [0, 0.1) is 6.92 Å². The first-order chi connectivity index (χ1) is 11.7. The van der Waals surface area contributed by atoms with Crippen LogP contribution in [0.4, 0.5) is 11.4 Å². The third-order valence-corrected chi connectivity index (χ3v) is 4.26. The average Bonchev–Trinajstić information content (AvgIpc) is 2.63. The SMILES string of the molecule is Cc1ccc(N2C(=O)c3ccccc3N[C@@H]2c2ccncc2)cc1. The average molecular weight is 315 g/mol. The summed E-state index contributed by atoms with van der Waals surface area (Å²) in [4.78, 5) is 19.0. The van der Waals surface area contributed by atoms with E-state index in [-0.39, 0.29) is 12.1 Å². The second-order valence-corrected chi connectivity index (χ2v) is 5.88. The first kappa shape index (κ1) is 14.5. The number of aryl methyl sites for hydroxylation is 1. The van der Waals surface area contributed by atoms with E-state index in [1.165, 1.54) is 0 Å². The molecule has 1 amide bonds. The fourth-order valence-electron chi connectivity index (χ4n) is 3.00. The lowest BCUT2D eigenvalue weighted by Gasteiger charge is -2.38. The number of fused-ring (bicyclic) bond motifs is 1. The van der Waals surface area contributed by atoms with Crippen LogP contribution in [0.2, 0.25) is 0 Å². The lowest BCUT2D eigenvalue weighted by molar-refractivity contribution is 0.0975. The number of benzene rings is 2. The molecule has 0 radical (unpaired) electrons. The summed E-state index contributed by atoms with van der Waals surface area (Å²) in [6.07, 6.45) is 3.23. The van der Waals surface area contributed by atoms with Gasteiger partial charge in [-0.2, -0.15) is 0 Å². The Morgan fingerprint density at radius 3 is 2.42 bits per heavy atom. The molecular weight excluding hydrogens is 298 g/mol. The third-order valence-electron chi connectivity index (χ3n) is 4.26. The molecule has 1 atom stereocenters. The summed E-state index contributed by atoms with van der Waals surface area (Å²) in [5, 5.41) is 3.48. The van der Waals surface area contributed by atoms with Gasteiger partial charge in [0.1, 0.15) is 6.17 Å². The molecule has 4 nitrogen and oxygen atoms in total. The van der Waals surface area contributed by atoms with Crippen molar-refractivity contribution in [2.75, 3.05) is 10.2 Å². The number of para-hydroxylation sites is 1. The Hall–Kier alpha value is -3.14. The normalized spacial score (nSPS) is 16.5. The zero-order valence-corrected chi connectivity index (χ0v) is 13.3. The van der Waals surface area contributed by atoms with Crippen molar-refractivity contribution in [3.05, 3.63) is 89.7 Å². The van der Waals surface area contributed by atoms with Gasteiger partial charge >= 0.3 is 0 Å². The number of hydrogen-bond acceptors (Lipinski definition) is 3. The molecule has 0 saturated heterocycles. The molecule has 1 aliphatic rings. The Balaban J connectivity index is 1.86. The van der Waals surface area contributed by atoms with Gasteiger partial charge in [0, 0.05) is 23.8 Å². The van der Waals surface area contributed by atoms with Crippen molar-refractivity contribution >= 4 is 17.3 Å². The topological polar surface area (TPSA) is 45.2 Å². The molecule has 0 spiro atoms. The van der Waals surface area contributed by atoms with Gasteiger partial charge in [-0.05, 0) is 48.9 Å². The van der Waals surface area contributed by atoms with Gasteiger partial charge in [-0.15, -0.1) is 0 Å². The molecule has 24 heavy (non-hydrogen) atoms. The second-order valence-electron chi connectivity index (χ2n) is 5.88. The molecule has 1 aromatic heterocycles. The number of hydrogen-bond donors (Lipinski definition) is 1. The van der Waals surface area contributed by atoms with Gasteiger partial charge in [-0.1, -0.05) is 29.8 Å².